The first-order valence-electron chi connectivity index (χ1n) is 4.30. The molecule has 2 unspecified atom stereocenters. The predicted molar refractivity (Wildman–Crippen MR) is 54.4 cm³/mol. The van der Waals surface area contributed by atoms with Crippen LogP contribution in [0.3, 0.4) is 0 Å². The first kappa shape index (κ1) is 11.1. The Balaban J connectivity index is 2.57. The van der Waals surface area contributed by atoms with E-state index in [0.29, 0.717) is 25.1 Å². The Bertz CT molecular complexity index is 224. The summed E-state index contributed by atoms with van der Waals surface area (Å²) in [6, 6.07) is 0. The van der Waals surface area contributed by atoms with Gasteiger partial charge in [-0.1, -0.05) is 0 Å². The number of carbonyl (C=O) groups is 1. The van der Waals surface area contributed by atoms with E-state index in [9.17, 15) is 9.36 Å². The monoisotopic (exact) mass is 223 g/mol. The van der Waals surface area contributed by atoms with Crippen LogP contribution in [0.2, 0.25) is 0 Å². The zero-order chi connectivity index (χ0) is 9.84. The highest BCUT2D eigenvalue weighted by atomic mass is 32.1. The van der Waals surface area contributed by atoms with Crippen molar-refractivity contribution in [3.63, 3.8) is 0 Å². The third-order valence-electron chi connectivity index (χ3n) is 2.18. The summed E-state index contributed by atoms with van der Waals surface area (Å²) < 4.78 is 10.9. The summed E-state index contributed by atoms with van der Waals surface area (Å²) in [6.45, 7) is 0.619. The molecular weight excluding hydrogens is 209 g/mol. The van der Waals surface area contributed by atoms with Crippen molar-refractivity contribution >= 4 is 26.6 Å². The lowest BCUT2D eigenvalue weighted by Gasteiger charge is -2.21. The molecule has 2 atom stereocenters. The van der Waals surface area contributed by atoms with Crippen LogP contribution >= 0.6 is 20.7 Å². The van der Waals surface area contributed by atoms with Crippen LogP contribution in [0.1, 0.15) is 19.3 Å². The van der Waals surface area contributed by atoms with Crippen molar-refractivity contribution < 1.29 is 14.3 Å². The first-order chi connectivity index (χ1) is 6.16. The Labute approximate surface area is 83.6 Å². The van der Waals surface area contributed by atoms with Crippen LogP contribution in [0.15, 0.2) is 0 Å². The highest BCUT2D eigenvalue weighted by Crippen LogP contribution is 2.34. The van der Waals surface area contributed by atoms with Gasteiger partial charge in [0.2, 0.25) is 13.9 Å². The molecule has 1 saturated heterocycles. The Morgan fingerprint density at radius 2 is 2.38 bits per heavy atom. The van der Waals surface area contributed by atoms with Crippen LogP contribution in [0, 0.1) is 0 Å². The number of carbonyl (C=O) groups excluding carboxylic acids is 1. The van der Waals surface area contributed by atoms with Gasteiger partial charge in [-0.15, -0.1) is 0 Å². The maximum absolute atomic E-state index is 11.4. The van der Waals surface area contributed by atoms with Gasteiger partial charge in [0.05, 0.1) is 0 Å². The topological polar surface area (TPSA) is 57.6 Å². The van der Waals surface area contributed by atoms with E-state index in [0.717, 1.165) is 6.42 Å². The lowest BCUT2D eigenvalue weighted by molar-refractivity contribution is -0.130. The summed E-state index contributed by atoms with van der Waals surface area (Å²) in [5.41, 5.74) is 0. The minimum atomic E-state index is -2.59. The first-order valence-corrected chi connectivity index (χ1v) is 6.36. The largest absolute Gasteiger partial charge is 0.345 e. The van der Waals surface area contributed by atoms with Gasteiger partial charge >= 0.3 is 0 Å². The fourth-order valence-electron chi connectivity index (χ4n) is 1.56. The molecule has 1 amide bonds. The Hall–Kier alpha value is 0.01000. The number of thiol groups is 1. The fraction of sp³-hybridized carbons (Fsp3) is 0.857. The minimum absolute atomic E-state index is 0.0510. The van der Waals surface area contributed by atoms with E-state index in [2.05, 4.69) is 12.6 Å². The smallest absolute Gasteiger partial charge is 0.224 e. The summed E-state index contributed by atoms with van der Waals surface area (Å²) in [4.78, 5) is 21.9. The van der Waals surface area contributed by atoms with Crippen molar-refractivity contribution in [2.24, 2.45) is 0 Å². The fourth-order valence-corrected chi connectivity index (χ4v) is 2.74. The van der Waals surface area contributed by atoms with E-state index in [1.807, 2.05) is 0 Å². The van der Waals surface area contributed by atoms with Crippen LogP contribution in [0.5, 0.6) is 0 Å². The molecule has 4 nitrogen and oxygen atoms in total. The molecule has 0 radical (unpaired) electrons. The summed E-state index contributed by atoms with van der Waals surface area (Å²) in [7, 11) is -2.59. The maximum atomic E-state index is 11.4. The van der Waals surface area contributed by atoms with E-state index >= 15 is 0 Å². The number of likely N-dealkylation sites (tertiary alicyclic amines) is 1. The average Bonchev–Trinajstić information content (AvgIpc) is 2.52. The van der Waals surface area contributed by atoms with Gasteiger partial charge in [-0.2, -0.15) is 12.6 Å². The molecule has 0 aromatic carbocycles. The second-order valence-electron chi connectivity index (χ2n) is 3.06. The van der Waals surface area contributed by atoms with E-state index in [4.69, 9.17) is 4.89 Å². The van der Waals surface area contributed by atoms with Crippen molar-refractivity contribution in [2.45, 2.75) is 25.0 Å². The number of hydrogen-bond acceptors (Lipinski definition) is 3. The van der Waals surface area contributed by atoms with Gasteiger partial charge in [0.1, 0.15) is 5.78 Å². The molecule has 0 aromatic rings. The predicted octanol–water partition coefficient (Wildman–Crippen LogP) is 0.722. The molecule has 76 valence electrons. The summed E-state index contributed by atoms with van der Waals surface area (Å²) in [5.74, 6) is 0.0243. The van der Waals surface area contributed by atoms with E-state index in [-0.39, 0.29) is 5.91 Å². The number of hydrogen-bond donors (Lipinski definition) is 2. The molecule has 1 N–H and O–H groups in total. The van der Waals surface area contributed by atoms with E-state index in [1.54, 1.807) is 0 Å². The highest BCUT2D eigenvalue weighted by molar-refractivity contribution is 7.80. The Morgan fingerprint density at radius 1 is 1.69 bits per heavy atom. The third kappa shape index (κ3) is 2.73. The second kappa shape index (κ2) is 5.03. The molecule has 1 aliphatic rings. The molecule has 1 rings (SSSR count). The molecule has 1 fully saturated rings. The zero-order valence-electron chi connectivity index (χ0n) is 7.27. The molecule has 1 heterocycles. The second-order valence-corrected chi connectivity index (χ2v) is 4.85. The Kier molecular flexibility index (Phi) is 4.29. The highest BCUT2D eigenvalue weighted by Gasteiger charge is 2.31. The lowest BCUT2D eigenvalue weighted by Crippen LogP contribution is -2.33. The van der Waals surface area contributed by atoms with Gasteiger partial charge in [-0.05, 0) is 18.6 Å². The number of rotatable bonds is 3. The zero-order valence-corrected chi connectivity index (χ0v) is 9.17. The van der Waals surface area contributed by atoms with Crippen molar-refractivity contribution in [2.75, 3.05) is 12.3 Å². The molecule has 13 heavy (non-hydrogen) atoms. The lowest BCUT2D eigenvalue weighted by atomic mass is 10.4. The molecule has 0 bridgehead atoms. The van der Waals surface area contributed by atoms with Crippen LogP contribution in [0.4, 0.5) is 0 Å². The summed E-state index contributed by atoms with van der Waals surface area (Å²) in [5, 5.41) is 0. The van der Waals surface area contributed by atoms with Crippen LogP contribution in [0.25, 0.3) is 0 Å². The van der Waals surface area contributed by atoms with Crippen molar-refractivity contribution in [1.82, 2.24) is 4.90 Å². The van der Waals surface area contributed by atoms with Gasteiger partial charge in [0, 0.05) is 13.0 Å². The van der Waals surface area contributed by atoms with Gasteiger partial charge in [0.25, 0.3) is 0 Å². The van der Waals surface area contributed by atoms with Crippen LogP contribution < -0.4 is 0 Å². The third-order valence-corrected chi connectivity index (χ3v) is 3.58. The number of amides is 1. The van der Waals surface area contributed by atoms with Crippen LogP contribution in [-0.2, 0) is 9.36 Å². The molecule has 0 saturated carbocycles. The normalized spacial score (nSPS) is 24.8. The number of nitrogens with zero attached hydrogens (tertiary/aromatic N) is 1. The quantitative estimate of drug-likeness (QED) is 0.547. The summed E-state index contributed by atoms with van der Waals surface area (Å²) >= 11 is 3.95. The van der Waals surface area contributed by atoms with Crippen LogP contribution in [-0.4, -0.2) is 33.8 Å². The minimum Gasteiger partial charge on any atom is -0.345 e. The van der Waals surface area contributed by atoms with Gasteiger partial charge in [-0.3, -0.25) is 9.36 Å². The molecule has 0 aliphatic carbocycles. The molecular formula is C7H14NO3PS. The van der Waals surface area contributed by atoms with E-state index < -0.39 is 13.8 Å². The maximum Gasteiger partial charge on any atom is 0.224 e. The average molecular weight is 223 g/mol. The molecule has 0 spiro atoms. The van der Waals surface area contributed by atoms with Crippen molar-refractivity contribution in [1.29, 1.82) is 0 Å². The van der Waals surface area contributed by atoms with Crippen molar-refractivity contribution in [3.8, 4) is 0 Å². The standard InChI is InChI=1S/C7H14NO3PS/c9-6(3-5-13)8-4-1-2-7(8)12(10)11/h7,12-13H,1-5H2,(H,10,11). The SMILES string of the molecule is O=C(CCS)N1CCCC1[PH](=O)O. The van der Waals surface area contributed by atoms with Gasteiger partial charge in [0.15, 0.2) is 0 Å². The Morgan fingerprint density at radius 3 is 2.92 bits per heavy atom. The molecule has 0 aromatic heterocycles. The van der Waals surface area contributed by atoms with Gasteiger partial charge < -0.3 is 9.79 Å². The van der Waals surface area contributed by atoms with Crippen molar-refractivity contribution in [3.05, 3.63) is 0 Å². The van der Waals surface area contributed by atoms with Gasteiger partial charge in [-0.25, -0.2) is 0 Å². The summed E-state index contributed by atoms with van der Waals surface area (Å²) in [6.07, 6.45) is 1.85. The molecule has 1 aliphatic heterocycles. The van der Waals surface area contributed by atoms with E-state index in [1.165, 1.54) is 4.90 Å². The molecule has 6 heteroatoms.